The zero-order valence-corrected chi connectivity index (χ0v) is 29.5. The summed E-state index contributed by atoms with van der Waals surface area (Å²) < 4.78 is 9.03. The molecular formula is C50H31NOS. The highest BCUT2D eigenvalue weighted by atomic mass is 32.1. The number of furan rings is 1. The van der Waals surface area contributed by atoms with Gasteiger partial charge < -0.3 is 9.32 Å². The van der Waals surface area contributed by atoms with E-state index in [1.165, 1.54) is 64.0 Å². The topological polar surface area (TPSA) is 16.4 Å². The molecule has 2 aromatic heterocycles. The Kier molecular flexibility index (Phi) is 6.76. The summed E-state index contributed by atoms with van der Waals surface area (Å²) in [5, 5.41) is 9.66. The second-order valence-electron chi connectivity index (χ2n) is 13.7. The van der Waals surface area contributed by atoms with Gasteiger partial charge in [-0.25, -0.2) is 0 Å². The van der Waals surface area contributed by atoms with Gasteiger partial charge in [0.25, 0.3) is 0 Å². The molecule has 0 atom stereocenters. The molecule has 0 aliphatic carbocycles. The molecule has 0 spiro atoms. The Hall–Kier alpha value is -6.68. The first-order chi connectivity index (χ1) is 26.3. The third kappa shape index (κ3) is 4.78. The molecular weight excluding hydrogens is 663 g/mol. The lowest BCUT2D eigenvalue weighted by atomic mass is 9.97. The van der Waals surface area contributed by atoms with Crippen molar-refractivity contribution >= 4 is 92.1 Å². The van der Waals surface area contributed by atoms with Crippen LogP contribution < -0.4 is 4.90 Å². The van der Waals surface area contributed by atoms with Crippen molar-refractivity contribution in [3.8, 4) is 22.3 Å². The standard InChI is InChI=1S/C50H31NOS/c1-2-11-32(12-3-1)33-21-23-35(24-22-33)39-29-30-44(49-41-16-7-9-20-47(41)53-50(39)49)51(43-17-10-19-46-48(43)40-15-6-8-18-45(40)52-46)37-28-27-36-26-25-34-13-4-5-14-38(34)42(36)31-37/h1-31H. The molecule has 11 aromatic rings. The predicted molar refractivity (Wildman–Crippen MR) is 227 cm³/mol. The summed E-state index contributed by atoms with van der Waals surface area (Å²) in [5.41, 5.74) is 9.98. The van der Waals surface area contributed by atoms with Crippen LogP contribution in [0.3, 0.4) is 0 Å². The normalized spacial score (nSPS) is 11.8. The molecule has 0 amide bonds. The molecule has 0 unspecified atom stereocenters. The first kappa shape index (κ1) is 30.0. The van der Waals surface area contributed by atoms with Crippen LogP contribution in [0.5, 0.6) is 0 Å². The Bertz CT molecular complexity index is 3170. The van der Waals surface area contributed by atoms with Gasteiger partial charge in [0.2, 0.25) is 0 Å². The van der Waals surface area contributed by atoms with E-state index in [4.69, 9.17) is 4.42 Å². The summed E-state index contributed by atoms with van der Waals surface area (Å²) in [5.74, 6) is 0. The molecule has 0 saturated carbocycles. The smallest absolute Gasteiger partial charge is 0.137 e. The van der Waals surface area contributed by atoms with Crippen LogP contribution in [0.1, 0.15) is 0 Å². The number of thiophene rings is 1. The molecule has 248 valence electrons. The molecule has 3 heteroatoms. The number of nitrogens with zero attached hydrogens (tertiary/aromatic N) is 1. The van der Waals surface area contributed by atoms with Crippen LogP contribution in [0, 0.1) is 0 Å². The van der Waals surface area contributed by atoms with Crippen LogP contribution in [0.15, 0.2) is 192 Å². The number of anilines is 3. The van der Waals surface area contributed by atoms with Gasteiger partial charge in [0, 0.05) is 31.2 Å². The van der Waals surface area contributed by atoms with Crippen LogP contribution in [0.2, 0.25) is 0 Å². The average Bonchev–Trinajstić information content (AvgIpc) is 3.81. The fraction of sp³-hybridized carbons (Fsp3) is 0. The van der Waals surface area contributed by atoms with Gasteiger partial charge in [-0.3, -0.25) is 0 Å². The highest BCUT2D eigenvalue weighted by Crippen LogP contribution is 2.50. The van der Waals surface area contributed by atoms with Gasteiger partial charge in [0.1, 0.15) is 11.2 Å². The van der Waals surface area contributed by atoms with E-state index < -0.39 is 0 Å². The van der Waals surface area contributed by atoms with Gasteiger partial charge >= 0.3 is 0 Å². The van der Waals surface area contributed by atoms with Gasteiger partial charge in [-0.15, -0.1) is 11.3 Å². The van der Waals surface area contributed by atoms with E-state index in [9.17, 15) is 0 Å². The first-order valence-corrected chi connectivity index (χ1v) is 18.8. The lowest BCUT2D eigenvalue weighted by molar-refractivity contribution is 0.669. The summed E-state index contributed by atoms with van der Waals surface area (Å²) in [4.78, 5) is 2.47. The highest BCUT2D eigenvalue weighted by Gasteiger charge is 2.24. The molecule has 0 aliphatic heterocycles. The fourth-order valence-electron chi connectivity index (χ4n) is 8.18. The summed E-state index contributed by atoms with van der Waals surface area (Å²) in [7, 11) is 0. The van der Waals surface area contributed by atoms with E-state index in [1.54, 1.807) is 0 Å². The Balaban J connectivity index is 1.21. The van der Waals surface area contributed by atoms with Crippen LogP contribution >= 0.6 is 11.3 Å². The molecule has 0 bridgehead atoms. The second kappa shape index (κ2) is 11.9. The van der Waals surface area contributed by atoms with Gasteiger partial charge in [-0.05, 0) is 86.3 Å². The molecule has 0 saturated heterocycles. The molecule has 0 radical (unpaired) electrons. The van der Waals surface area contributed by atoms with Gasteiger partial charge in [-0.1, -0.05) is 146 Å². The molecule has 0 aliphatic rings. The molecule has 2 nitrogen and oxygen atoms in total. The number of rotatable bonds is 5. The lowest BCUT2D eigenvalue weighted by Gasteiger charge is -2.28. The van der Waals surface area contributed by atoms with Crippen molar-refractivity contribution < 1.29 is 4.42 Å². The van der Waals surface area contributed by atoms with Crippen LogP contribution in [-0.2, 0) is 0 Å². The minimum absolute atomic E-state index is 0.876. The molecule has 11 rings (SSSR count). The largest absolute Gasteiger partial charge is 0.456 e. The quantitative estimate of drug-likeness (QED) is 0.167. The fourth-order valence-corrected chi connectivity index (χ4v) is 9.44. The minimum Gasteiger partial charge on any atom is -0.456 e. The average molecular weight is 694 g/mol. The van der Waals surface area contributed by atoms with E-state index >= 15 is 0 Å². The molecule has 0 fully saturated rings. The maximum absolute atomic E-state index is 6.48. The summed E-state index contributed by atoms with van der Waals surface area (Å²) in [6, 6.07) is 68.0. The van der Waals surface area contributed by atoms with Crippen LogP contribution in [-0.4, -0.2) is 0 Å². The summed E-state index contributed by atoms with van der Waals surface area (Å²) >= 11 is 1.87. The number of para-hydroxylation sites is 1. The summed E-state index contributed by atoms with van der Waals surface area (Å²) in [6.07, 6.45) is 0. The number of benzene rings is 9. The van der Waals surface area contributed by atoms with E-state index in [2.05, 4.69) is 187 Å². The SMILES string of the molecule is c1ccc(-c2ccc(-c3ccc(N(c4ccc5ccc6ccccc6c5c4)c4cccc5oc6ccccc6c45)c4c3sc3ccccc34)cc2)cc1. The lowest BCUT2D eigenvalue weighted by Crippen LogP contribution is -2.11. The maximum Gasteiger partial charge on any atom is 0.137 e. The number of hydrogen-bond acceptors (Lipinski definition) is 3. The van der Waals surface area contributed by atoms with Gasteiger partial charge in [-0.2, -0.15) is 0 Å². The molecule has 2 heterocycles. The minimum atomic E-state index is 0.876. The van der Waals surface area contributed by atoms with Gasteiger partial charge in [0.05, 0.1) is 16.8 Å². The Morgan fingerprint density at radius 3 is 1.91 bits per heavy atom. The van der Waals surface area contributed by atoms with E-state index in [0.29, 0.717) is 0 Å². The maximum atomic E-state index is 6.48. The van der Waals surface area contributed by atoms with Crippen LogP contribution in [0.4, 0.5) is 17.1 Å². The molecule has 53 heavy (non-hydrogen) atoms. The Labute approximate surface area is 310 Å². The second-order valence-corrected chi connectivity index (χ2v) is 14.7. The first-order valence-electron chi connectivity index (χ1n) is 18.0. The zero-order valence-electron chi connectivity index (χ0n) is 28.7. The van der Waals surface area contributed by atoms with Crippen molar-refractivity contribution in [3.63, 3.8) is 0 Å². The van der Waals surface area contributed by atoms with E-state index in [-0.39, 0.29) is 0 Å². The van der Waals surface area contributed by atoms with Crippen molar-refractivity contribution in [2.45, 2.75) is 0 Å². The van der Waals surface area contributed by atoms with Gasteiger partial charge in [0.15, 0.2) is 0 Å². The molecule has 0 N–H and O–H groups in total. The third-order valence-corrected chi connectivity index (χ3v) is 11.9. The Morgan fingerprint density at radius 1 is 0.396 bits per heavy atom. The van der Waals surface area contributed by atoms with E-state index in [0.717, 1.165) is 39.0 Å². The highest BCUT2D eigenvalue weighted by molar-refractivity contribution is 7.26. The summed E-state index contributed by atoms with van der Waals surface area (Å²) in [6.45, 7) is 0. The monoisotopic (exact) mass is 693 g/mol. The zero-order chi connectivity index (χ0) is 34.9. The van der Waals surface area contributed by atoms with Crippen molar-refractivity contribution in [1.82, 2.24) is 0 Å². The number of fused-ring (bicyclic) bond motifs is 9. The molecule has 9 aromatic carbocycles. The van der Waals surface area contributed by atoms with Crippen molar-refractivity contribution in [1.29, 1.82) is 0 Å². The van der Waals surface area contributed by atoms with E-state index in [1.807, 2.05) is 17.4 Å². The van der Waals surface area contributed by atoms with Crippen LogP contribution in [0.25, 0.3) is 85.9 Å². The number of hydrogen-bond donors (Lipinski definition) is 0. The van der Waals surface area contributed by atoms with Crippen molar-refractivity contribution in [2.75, 3.05) is 4.90 Å². The third-order valence-electron chi connectivity index (χ3n) is 10.7. The predicted octanol–water partition coefficient (Wildman–Crippen LogP) is 15.1. The van der Waals surface area contributed by atoms with Crippen molar-refractivity contribution in [2.24, 2.45) is 0 Å². The Morgan fingerprint density at radius 2 is 1.04 bits per heavy atom. The van der Waals surface area contributed by atoms with Crippen molar-refractivity contribution in [3.05, 3.63) is 188 Å².